The van der Waals surface area contributed by atoms with E-state index in [9.17, 15) is 0 Å². The van der Waals surface area contributed by atoms with Crippen LogP contribution in [-0.4, -0.2) is 0 Å². The van der Waals surface area contributed by atoms with Gasteiger partial charge in [-0.3, -0.25) is 0 Å². The third-order valence-corrected chi connectivity index (χ3v) is 4.10. The number of benzene rings is 3. The lowest BCUT2D eigenvalue weighted by Crippen LogP contribution is -2.24. The second-order valence-corrected chi connectivity index (χ2v) is 5.52. The highest BCUT2D eigenvalue weighted by Crippen LogP contribution is 2.34. The molecule has 4 rings (SSSR count). The predicted molar refractivity (Wildman–Crippen MR) is 93.4 cm³/mol. The molecular formula is C21H17N. The van der Waals surface area contributed by atoms with E-state index in [4.69, 9.17) is 0 Å². The molecule has 0 spiro atoms. The van der Waals surface area contributed by atoms with E-state index in [2.05, 4.69) is 95.9 Å². The Hall–Kier alpha value is -2.80. The largest absolute Gasteiger partial charge is 0.336 e. The lowest BCUT2D eigenvalue weighted by Gasteiger charge is -2.32. The second-order valence-electron chi connectivity index (χ2n) is 5.52. The Morgan fingerprint density at radius 2 is 1.27 bits per heavy atom. The molecule has 0 saturated heterocycles. The van der Waals surface area contributed by atoms with E-state index in [1.807, 2.05) is 0 Å². The van der Waals surface area contributed by atoms with Gasteiger partial charge in [0.1, 0.15) is 0 Å². The van der Waals surface area contributed by atoms with Gasteiger partial charge in [0.25, 0.3) is 0 Å². The third-order valence-electron chi connectivity index (χ3n) is 4.10. The molecule has 0 amide bonds. The molecule has 0 unspecified atom stereocenters. The summed E-state index contributed by atoms with van der Waals surface area (Å²) in [5, 5.41) is 0. The number of anilines is 1. The van der Waals surface area contributed by atoms with Crippen LogP contribution < -0.4 is 4.90 Å². The first-order chi connectivity index (χ1) is 10.9. The standard InChI is InChI=1S/C21H17N/c1-3-9-17(10-4-1)21-15-18-11-7-8-12-19(18)16-22(21)20-13-5-2-6-14-20/h1-15H,16H2. The Bertz CT molecular complexity index is 804. The van der Waals surface area contributed by atoms with E-state index in [1.54, 1.807) is 0 Å². The zero-order valence-electron chi connectivity index (χ0n) is 12.3. The molecule has 22 heavy (non-hydrogen) atoms. The van der Waals surface area contributed by atoms with Crippen LogP contribution in [0, 0.1) is 0 Å². The van der Waals surface area contributed by atoms with Gasteiger partial charge in [0.15, 0.2) is 0 Å². The zero-order chi connectivity index (χ0) is 14.8. The van der Waals surface area contributed by atoms with Crippen molar-refractivity contribution in [1.82, 2.24) is 0 Å². The molecule has 0 radical (unpaired) electrons. The second kappa shape index (κ2) is 5.53. The van der Waals surface area contributed by atoms with Gasteiger partial charge in [0.05, 0.1) is 0 Å². The van der Waals surface area contributed by atoms with Gasteiger partial charge in [-0.15, -0.1) is 0 Å². The lowest BCUT2D eigenvalue weighted by atomic mass is 9.97. The Kier molecular flexibility index (Phi) is 3.24. The molecule has 0 N–H and O–H groups in total. The molecule has 0 saturated carbocycles. The molecule has 0 bridgehead atoms. The Morgan fingerprint density at radius 1 is 0.636 bits per heavy atom. The van der Waals surface area contributed by atoms with Crippen LogP contribution in [0.25, 0.3) is 11.8 Å². The summed E-state index contributed by atoms with van der Waals surface area (Å²) in [7, 11) is 0. The molecule has 3 aromatic rings. The van der Waals surface area contributed by atoms with E-state index in [0.717, 1.165) is 6.54 Å². The van der Waals surface area contributed by atoms with Gasteiger partial charge in [-0.1, -0.05) is 72.8 Å². The van der Waals surface area contributed by atoms with Gasteiger partial charge in [0.2, 0.25) is 0 Å². The fourth-order valence-corrected chi connectivity index (χ4v) is 2.99. The molecule has 106 valence electrons. The molecule has 0 aromatic heterocycles. The van der Waals surface area contributed by atoms with Crippen molar-refractivity contribution in [2.24, 2.45) is 0 Å². The van der Waals surface area contributed by atoms with E-state index in [-0.39, 0.29) is 0 Å². The van der Waals surface area contributed by atoms with Crippen LogP contribution in [0.5, 0.6) is 0 Å². The normalized spacial score (nSPS) is 13.5. The summed E-state index contributed by atoms with van der Waals surface area (Å²) in [6.07, 6.45) is 2.29. The number of rotatable bonds is 2. The monoisotopic (exact) mass is 283 g/mol. The topological polar surface area (TPSA) is 3.24 Å². The number of nitrogens with zero attached hydrogens (tertiary/aromatic N) is 1. The number of fused-ring (bicyclic) bond motifs is 1. The predicted octanol–water partition coefficient (Wildman–Crippen LogP) is 5.20. The average Bonchev–Trinajstić information content (AvgIpc) is 2.62. The molecule has 1 nitrogen and oxygen atoms in total. The van der Waals surface area contributed by atoms with Gasteiger partial charge in [-0.25, -0.2) is 0 Å². The molecule has 1 heteroatoms. The lowest BCUT2D eigenvalue weighted by molar-refractivity contribution is 0.969. The van der Waals surface area contributed by atoms with Gasteiger partial charge in [-0.05, 0) is 34.9 Å². The average molecular weight is 283 g/mol. The molecule has 1 aliphatic heterocycles. The van der Waals surface area contributed by atoms with Gasteiger partial charge >= 0.3 is 0 Å². The van der Waals surface area contributed by atoms with Gasteiger partial charge in [0, 0.05) is 17.9 Å². The van der Waals surface area contributed by atoms with Crippen LogP contribution in [0.15, 0.2) is 84.9 Å². The van der Waals surface area contributed by atoms with Crippen molar-refractivity contribution in [1.29, 1.82) is 0 Å². The van der Waals surface area contributed by atoms with Gasteiger partial charge in [-0.2, -0.15) is 0 Å². The summed E-state index contributed by atoms with van der Waals surface area (Å²) < 4.78 is 0. The molecule has 0 aliphatic carbocycles. The van der Waals surface area contributed by atoms with Crippen molar-refractivity contribution < 1.29 is 0 Å². The van der Waals surface area contributed by atoms with Gasteiger partial charge < -0.3 is 4.90 Å². The van der Waals surface area contributed by atoms with E-state index < -0.39 is 0 Å². The molecule has 0 fully saturated rings. The highest BCUT2D eigenvalue weighted by Gasteiger charge is 2.20. The van der Waals surface area contributed by atoms with E-state index >= 15 is 0 Å². The van der Waals surface area contributed by atoms with E-state index in [0.29, 0.717) is 0 Å². The maximum atomic E-state index is 2.39. The van der Waals surface area contributed by atoms with Crippen LogP contribution in [0.2, 0.25) is 0 Å². The molecule has 1 aliphatic rings. The smallest absolute Gasteiger partial charge is 0.0493 e. The van der Waals surface area contributed by atoms with Crippen molar-refractivity contribution in [3.63, 3.8) is 0 Å². The molecule has 0 atom stereocenters. The van der Waals surface area contributed by atoms with Crippen molar-refractivity contribution in [2.75, 3.05) is 4.90 Å². The highest BCUT2D eigenvalue weighted by atomic mass is 15.1. The highest BCUT2D eigenvalue weighted by molar-refractivity contribution is 5.92. The Labute approximate surface area is 131 Å². The van der Waals surface area contributed by atoms with Crippen LogP contribution >= 0.6 is 0 Å². The van der Waals surface area contributed by atoms with Crippen molar-refractivity contribution in [2.45, 2.75) is 6.54 Å². The number of hydrogen-bond donors (Lipinski definition) is 0. The number of para-hydroxylation sites is 1. The minimum absolute atomic E-state index is 0.904. The van der Waals surface area contributed by atoms with E-state index in [1.165, 1.54) is 28.1 Å². The zero-order valence-corrected chi connectivity index (χ0v) is 12.3. The summed E-state index contributed by atoms with van der Waals surface area (Å²) in [6, 6.07) is 29.8. The summed E-state index contributed by atoms with van der Waals surface area (Å²) >= 11 is 0. The van der Waals surface area contributed by atoms with Crippen LogP contribution in [0.1, 0.15) is 16.7 Å². The SMILES string of the molecule is C1=C(c2ccccc2)N(c2ccccc2)Cc2ccccc21. The minimum atomic E-state index is 0.904. The summed E-state index contributed by atoms with van der Waals surface area (Å²) in [5.74, 6) is 0. The van der Waals surface area contributed by atoms with Crippen molar-refractivity contribution in [3.8, 4) is 0 Å². The fraction of sp³-hybridized carbons (Fsp3) is 0.0476. The Morgan fingerprint density at radius 3 is 2.05 bits per heavy atom. The maximum absolute atomic E-state index is 2.39. The first-order valence-corrected chi connectivity index (χ1v) is 7.59. The quantitative estimate of drug-likeness (QED) is 0.624. The molecule has 3 aromatic carbocycles. The maximum Gasteiger partial charge on any atom is 0.0493 e. The summed E-state index contributed by atoms with van der Waals surface area (Å²) in [5.41, 5.74) is 6.41. The van der Waals surface area contributed by atoms with Crippen LogP contribution in [0.4, 0.5) is 5.69 Å². The third kappa shape index (κ3) is 2.31. The molecule has 1 heterocycles. The first-order valence-electron chi connectivity index (χ1n) is 7.59. The van der Waals surface area contributed by atoms with Crippen LogP contribution in [-0.2, 0) is 6.54 Å². The summed E-state index contributed by atoms with van der Waals surface area (Å²) in [6.45, 7) is 0.904. The van der Waals surface area contributed by atoms with Crippen LogP contribution in [0.3, 0.4) is 0 Å². The molecular weight excluding hydrogens is 266 g/mol. The Balaban J connectivity index is 1.87. The minimum Gasteiger partial charge on any atom is -0.336 e. The van der Waals surface area contributed by atoms with Crippen molar-refractivity contribution in [3.05, 3.63) is 102 Å². The summed E-state index contributed by atoms with van der Waals surface area (Å²) in [4.78, 5) is 2.39. The fourth-order valence-electron chi connectivity index (χ4n) is 2.99. The number of hydrogen-bond acceptors (Lipinski definition) is 1. The van der Waals surface area contributed by atoms with Crippen molar-refractivity contribution >= 4 is 17.5 Å². The first kappa shape index (κ1) is 12.9.